The van der Waals surface area contributed by atoms with Gasteiger partial charge in [0.25, 0.3) is 0 Å². The first-order valence-electron chi connectivity index (χ1n) is 7.28. The van der Waals surface area contributed by atoms with E-state index in [0.29, 0.717) is 0 Å². The van der Waals surface area contributed by atoms with Gasteiger partial charge in [0.05, 0.1) is 6.54 Å². The third-order valence-electron chi connectivity index (χ3n) is 3.47. The molecule has 2 rings (SSSR count). The topological polar surface area (TPSA) is 41.1 Å². The van der Waals surface area contributed by atoms with Crippen molar-refractivity contribution in [3.63, 3.8) is 0 Å². The molecule has 0 saturated carbocycles. The van der Waals surface area contributed by atoms with Crippen LogP contribution in [0.3, 0.4) is 0 Å². The lowest BCUT2D eigenvalue weighted by molar-refractivity contribution is -0.114. The van der Waals surface area contributed by atoms with Gasteiger partial charge in [0.1, 0.15) is 0 Å². The van der Waals surface area contributed by atoms with Gasteiger partial charge in [-0.1, -0.05) is 36.8 Å². The van der Waals surface area contributed by atoms with E-state index in [1.165, 1.54) is 11.1 Å². The van der Waals surface area contributed by atoms with Crippen LogP contribution in [0.25, 0.3) is 0 Å². The average Bonchev–Trinajstić information content (AvgIpc) is 2.48. The van der Waals surface area contributed by atoms with E-state index in [4.69, 9.17) is 0 Å². The quantitative estimate of drug-likeness (QED) is 0.872. The third-order valence-corrected chi connectivity index (χ3v) is 3.47. The summed E-state index contributed by atoms with van der Waals surface area (Å²) in [6.07, 6.45) is 1.02. The number of hydrogen-bond donors (Lipinski definition) is 2. The summed E-state index contributed by atoms with van der Waals surface area (Å²) in [5.74, 6) is -0.0403. The normalized spacial score (nSPS) is 10.2. The van der Waals surface area contributed by atoms with E-state index in [0.717, 1.165) is 23.4 Å². The number of amides is 1. The molecule has 3 nitrogen and oxygen atoms in total. The molecule has 0 bridgehead atoms. The van der Waals surface area contributed by atoms with E-state index in [1.54, 1.807) is 0 Å². The Balaban J connectivity index is 1.89. The van der Waals surface area contributed by atoms with Crippen LogP contribution < -0.4 is 10.6 Å². The molecule has 2 N–H and O–H groups in total. The van der Waals surface area contributed by atoms with Gasteiger partial charge < -0.3 is 10.6 Å². The van der Waals surface area contributed by atoms with Crippen LogP contribution >= 0.6 is 0 Å². The Morgan fingerprint density at radius 3 is 2.38 bits per heavy atom. The van der Waals surface area contributed by atoms with Gasteiger partial charge in [-0.3, -0.25) is 4.79 Å². The monoisotopic (exact) mass is 282 g/mol. The minimum Gasteiger partial charge on any atom is -0.376 e. The lowest BCUT2D eigenvalue weighted by Gasteiger charge is -2.10. The van der Waals surface area contributed by atoms with Crippen molar-refractivity contribution >= 4 is 17.3 Å². The number of carbonyl (C=O) groups excluding carboxylic acids is 1. The molecule has 0 atom stereocenters. The molecule has 21 heavy (non-hydrogen) atoms. The molecule has 0 fully saturated rings. The van der Waals surface area contributed by atoms with E-state index in [9.17, 15) is 4.79 Å². The van der Waals surface area contributed by atoms with Crippen LogP contribution in [0.1, 0.15) is 23.6 Å². The number of nitrogens with one attached hydrogen (secondary N) is 2. The Kier molecular flexibility index (Phi) is 4.99. The fraction of sp³-hybridized carbons (Fsp3) is 0.278. The van der Waals surface area contributed by atoms with Crippen molar-refractivity contribution in [3.8, 4) is 0 Å². The average molecular weight is 282 g/mol. The zero-order chi connectivity index (χ0) is 15.2. The zero-order valence-corrected chi connectivity index (χ0v) is 12.9. The summed E-state index contributed by atoms with van der Waals surface area (Å²) >= 11 is 0. The van der Waals surface area contributed by atoms with Crippen molar-refractivity contribution in [3.05, 3.63) is 59.2 Å². The predicted molar refractivity (Wildman–Crippen MR) is 88.9 cm³/mol. The highest BCUT2D eigenvalue weighted by Crippen LogP contribution is 2.16. The number of hydrogen-bond acceptors (Lipinski definition) is 2. The molecule has 0 aromatic heterocycles. The fourth-order valence-electron chi connectivity index (χ4n) is 2.19. The molecule has 2 aromatic carbocycles. The lowest BCUT2D eigenvalue weighted by atomic mass is 10.1. The summed E-state index contributed by atoms with van der Waals surface area (Å²) in [5.41, 5.74) is 5.40. The smallest absolute Gasteiger partial charge is 0.243 e. The summed E-state index contributed by atoms with van der Waals surface area (Å²) in [6.45, 7) is 6.43. The molecule has 1 amide bonds. The number of anilines is 2. The maximum Gasteiger partial charge on any atom is 0.243 e. The number of rotatable bonds is 5. The molecule has 0 radical (unpaired) electrons. The number of benzene rings is 2. The second-order valence-electron chi connectivity index (χ2n) is 5.27. The second kappa shape index (κ2) is 6.93. The molecular weight excluding hydrogens is 260 g/mol. The Hall–Kier alpha value is -2.29. The predicted octanol–water partition coefficient (Wildman–Crippen LogP) is 3.92. The van der Waals surface area contributed by atoms with E-state index in [1.807, 2.05) is 38.1 Å². The van der Waals surface area contributed by atoms with Crippen LogP contribution in [0.2, 0.25) is 0 Å². The summed E-state index contributed by atoms with van der Waals surface area (Å²) in [7, 11) is 0. The van der Waals surface area contributed by atoms with Crippen LogP contribution in [0.15, 0.2) is 42.5 Å². The molecule has 0 heterocycles. The van der Waals surface area contributed by atoms with Gasteiger partial charge in [-0.25, -0.2) is 0 Å². The van der Waals surface area contributed by atoms with E-state index in [-0.39, 0.29) is 12.5 Å². The molecule has 0 aliphatic rings. The lowest BCUT2D eigenvalue weighted by Crippen LogP contribution is -2.22. The highest BCUT2D eigenvalue weighted by molar-refractivity contribution is 5.94. The maximum atomic E-state index is 12.0. The molecule has 0 spiro atoms. The highest BCUT2D eigenvalue weighted by atomic mass is 16.1. The first kappa shape index (κ1) is 15.1. The van der Waals surface area contributed by atoms with Crippen molar-refractivity contribution in [2.45, 2.75) is 27.2 Å². The van der Waals surface area contributed by atoms with Crippen molar-refractivity contribution in [1.82, 2.24) is 0 Å². The van der Waals surface area contributed by atoms with Gasteiger partial charge in [-0.2, -0.15) is 0 Å². The second-order valence-corrected chi connectivity index (χ2v) is 5.27. The highest BCUT2D eigenvalue weighted by Gasteiger charge is 2.04. The van der Waals surface area contributed by atoms with E-state index < -0.39 is 0 Å². The van der Waals surface area contributed by atoms with Gasteiger partial charge in [0, 0.05) is 11.4 Å². The third kappa shape index (κ3) is 4.35. The molecule has 2 aromatic rings. The Morgan fingerprint density at radius 2 is 1.76 bits per heavy atom. The number of carbonyl (C=O) groups is 1. The zero-order valence-electron chi connectivity index (χ0n) is 12.9. The van der Waals surface area contributed by atoms with Crippen molar-refractivity contribution in [2.75, 3.05) is 17.2 Å². The molecular formula is C18H22N2O. The van der Waals surface area contributed by atoms with Crippen LogP contribution in [0, 0.1) is 13.8 Å². The van der Waals surface area contributed by atoms with Crippen LogP contribution in [-0.2, 0) is 11.2 Å². The molecule has 0 aliphatic carbocycles. The van der Waals surface area contributed by atoms with Gasteiger partial charge >= 0.3 is 0 Å². The van der Waals surface area contributed by atoms with Gasteiger partial charge in [-0.05, 0) is 49.6 Å². The van der Waals surface area contributed by atoms with E-state index >= 15 is 0 Å². The van der Waals surface area contributed by atoms with Crippen molar-refractivity contribution in [1.29, 1.82) is 0 Å². The fourth-order valence-corrected chi connectivity index (χ4v) is 2.19. The SMILES string of the molecule is CCc1ccc(NCC(=O)Nc2ccc(C)cc2C)cc1. The van der Waals surface area contributed by atoms with Gasteiger partial charge in [-0.15, -0.1) is 0 Å². The molecule has 0 aliphatic heterocycles. The maximum absolute atomic E-state index is 12.0. The first-order valence-corrected chi connectivity index (χ1v) is 7.28. The Morgan fingerprint density at radius 1 is 1.05 bits per heavy atom. The largest absolute Gasteiger partial charge is 0.376 e. The Bertz CT molecular complexity index is 618. The van der Waals surface area contributed by atoms with Crippen LogP contribution in [0.5, 0.6) is 0 Å². The number of aryl methyl sites for hydroxylation is 3. The van der Waals surface area contributed by atoms with Gasteiger partial charge in [0.2, 0.25) is 5.91 Å². The Labute approximate surface area is 126 Å². The standard InChI is InChI=1S/C18H22N2O/c1-4-15-6-8-16(9-7-15)19-12-18(21)20-17-10-5-13(2)11-14(17)3/h5-11,19H,4,12H2,1-3H3,(H,20,21). The minimum absolute atomic E-state index is 0.0403. The minimum atomic E-state index is -0.0403. The van der Waals surface area contributed by atoms with Crippen LogP contribution in [-0.4, -0.2) is 12.5 Å². The molecule has 0 saturated heterocycles. The summed E-state index contributed by atoms with van der Waals surface area (Å²) in [4.78, 5) is 12.0. The summed E-state index contributed by atoms with van der Waals surface area (Å²) in [6, 6.07) is 14.2. The molecule has 110 valence electrons. The first-order chi connectivity index (χ1) is 10.1. The summed E-state index contributed by atoms with van der Waals surface area (Å²) in [5, 5.41) is 6.06. The van der Waals surface area contributed by atoms with E-state index in [2.05, 4.69) is 35.8 Å². The summed E-state index contributed by atoms with van der Waals surface area (Å²) < 4.78 is 0. The van der Waals surface area contributed by atoms with Crippen molar-refractivity contribution in [2.24, 2.45) is 0 Å². The van der Waals surface area contributed by atoms with Crippen molar-refractivity contribution < 1.29 is 4.79 Å². The van der Waals surface area contributed by atoms with Crippen LogP contribution in [0.4, 0.5) is 11.4 Å². The van der Waals surface area contributed by atoms with Gasteiger partial charge in [0.15, 0.2) is 0 Å². The molecule has 0 unspecified atom stereocenters. The molecule has 3 heteroatoms.